The number of para-hydroxylation sites is 2. The predicted molar refractivity (Wildman–Crippen MR) is 83.6 cm³/mol. The Balaban J connectivity index is 2.23. The summed E-state index contributed by atoms with van der Waals surface area (Å²) in [5, 5.41) is 9.72. The van der Waals surface area contributed by atoms with Gasteiger partial charge in [0, 0.05) is 12.2 Å². The van der Waals surface area contributed by atoms with Gasteiger partial charge in [-0.3, -0.25) is 4.79 Å². The first-order valence-electron chi connectivity index (χ1n) is 6.56. The van der Waals surface area contributed by atoms with Gasteiger partial charge in [-0.1, -0.05) is 23.9 Å². The molecular formula is C15H16N4OS. The highest BCUT2D eigenvalue weighted by atomic mass is 32.2. The molecule has 0 spiro atoms. The maximum absolute atomic E-state index is 12.0. The zero-order valence-electron chi connectivity index (χ0n) is 12.0. The highest BCUT2D eigenvalue weighted by Gasteiger charge is 2.15. The Kier molecular flexibility index (Phi) is 4.66. The molecule has 1 aromatic carbocycles. The van der Waals surface area contributed by atoms with Gasteiger partial charge in [-0.05, 0) is 26.0 Å². The lowest BCUT2D eigenvalue weighted by Crippen LogP contribution is -2.10. The predicted octanol–water partition coefficient (Wildman–Crippen LogP) is 2.47. The van der Waals surface area contributed by atoms with E-state index in [9.17, 15) is 4.79 Å². The molecule has 0 saturated heterocycles. The van der Waals surface area contributed by atoms with E-state index in [4.69, 9.17) is 11.0 Å². The Labute approximate surface area is 127 Å². The summed E-state index contributed by atoms with van der Waals surface area (Å²) in [7, 11) is 0. The fourth-order valence-electron chi connectivity index (χ4n) is 2.04. The van der Waals surface area contributed by atoms with E-state index in [1.165, 1.54) is 11.8 Å². The molecular weight excluding hydrogens is 284 g/mol. The molecule has 2 N–H and O–H groups in total. The first kappa shape index (κ1) is 15.1. The summed E-state index contributed by atoms with van der Waals surface area (Å²) in [5.74, 6) is -0.113. The average molecular weight is 300 g/mol. The molecule has 108 valence electrons. The van der Waals surface area contributed by atoms with E-state index in [1.807, 2.05) is 37.3 Å². The summed E-state index contributed by atoms with van der Waals surface area (Å²) in [4.78, 5) is 16.5. The number of hydrogen-bond acceptors (Lipinski definition) is 5. The van der Waals surface area contributed by atoms with Gasteiger partial charge in [-0.2, -0.15) is 5.26 Å². The third kappa shape index (κ3) is 3.09. The molecule has 0 atom stereocenters. The lowest BCUT2D eigenvalue weighted by atomic mass is 10.2. The molecule has 0 unspecified atom stereocenters. The van der Waals surface area contributed by atoms with Crippen molar-refractivity contribution in [2.75, 3.05) is 5.75 Å². The van der Waals surface area contributed by atoms with Gasteiger partial charge in [0.05, 0.1) is 16.8 Å². The molecule has 5 nitrogen and oxygen atoms in total. The molecule has 1 aromatic heterocycles. The van der Waals surface area contributed by atoms with Crippen LogP contribution in [0, 0.1) is 11.3 Å². The lowest BCUT2D eigenvalue weighted by molar-refractivity contribution is -0.112. The molecule has 0 bridgehead atoms. The van der Waals surface area contributed by atoms with E-state index in [0.29, 0.717) is 0 Å². The highest BCUT2D eigenvalue weighted by molar-refractivity contribution is 7.99. The number of fused-ring (bicyclic) bond motifs is 1. The van der Waals surface area contributed by atoms with Crippen molar-refractivity contribution in [1.82, 2.24) is 9.55 Å². The smallest absolute Gasteiger partial charge is 0.185 e. The minimum absolute atomic E-state index is 0.0293. The van der Waals surface area contributed by atoms with Gasteiger partial charge >= 0.3 is 0 Å². The number of hydrogen-bond donors (Lipinski definition) is 1. The number of aromatic nitrogens is 2. The number of nitriles is 1. The number of thioether (sulfide) groups is 1. The Morgan fingerprint density at radius 2 is 2.19 bits per heavy atom. The Morgan fingerprint density at radius 3 is 2.81 bits per heavy atom. The maximum Gasteiger partial charge on any atom is 0.185 e. The number of carbonyl (C=O) groups is 1. The number of Topliss-reactive ketones (excluding diaryl/α,β-unsaturated/α-hetero) is 1. The monoisotopic (exact) mass is 300 g/mol. The topological polar surface area (TPSA) is 84.7 Å². The second-order valence-electron chi connectivity index (χ2n) is 4.51. The van der Waals surface area contributed by atoms with E-state index in [-0.39, 0.29) is 22.8 Å². The van der Waals surface area contributed by atoms with Crippen LogP contribution in [0.1, 0.15) is 13.8 Å². The van der Waals surface area contributed by atoms with Gasteiger partial charge in [0.1, 0.15) is 11.6 Å². The number of nitrogens with two attached hydrogens (primary N) is 1. The average Bonchev–Trinajstić information content (AvgIpc) is 2.82. The van der Waals surface area contributed by atoms with Gasteiger partial charge in [-0.25, -0.2) is 4.98 Å². The molecule has 2 rings (SSSR count). The molecule has 21 heavy (non-hydrogen) atoms. The van der Waals surface area contributed by atoms with Crippen molar-refractivity contribution >= 4 is 28.6 Å². The molecule has 6 heteroatoms. The van der Waals surface area contributed by atoms with Gasteiger partial charge in [0.2, 0.25) is 0 Å². The van der Waals surface area contributed by atoms with E-state index in [1.54, 1.807) is 6.92 Å². The maximum atomic E-state index is 12.0. The minimum atomic E-state index is -0.266. The van der Waals surface area contributed by atoms with Crippen LogP contribution in [0.5, 0.6) is 0 Å². The van der Waals surface area contributed by atoms with Gasteiger partial charge in [0.25, 0.3) is 0 Å². The number of aryl methyl sites for hydroxylation is 1. The molecule has 0 aliphatic rings. The fraction of sp³-hybridized carbons (Fsp3) is 0.267. The fourth-order valence-corrected chi connectivity index (χ4v) is 2.99. The van der Waals surface area contributed by atoms with Gasteiger partial charge in [-0.15, -0.1) is 0 Å². The summed E-state index contributed by atoms with van der Waals surface area (Å²) in [6.07, 6.45) is 0. The Bertz CT molecular complexity index is 751. The lowest BCUT2D eigenvalue weighted by Gasteiger charge is -2.05. The summed E-state index contributed by atoms with van der Waals surface area (Å²) < 4.78 is 2.05. The molecule has 1 heterocycles. The summed E-state index contributed by atoms with van der Waals surface area (Å²) >= 11 is 1.33. The van der Waals surface area contributed by atoms with Crippen molar-refractivity contribution in [2.24, 2.45) is 5.73 Å². The Hall–Kier alpha value is -2.26. The third-order valence-electron chi connectivity index (χ3n) is 3.05. The molecule has 0 aliphatic carbocycles. The van der Waals surface area contributed by atoms with Crippen LogP contribution in [0.4, 0.5) is 0 Å². The summed E-state index contributed by atoms with van der Waals surface area (Å²) in [5.41, 5.74) is 7.77. The van der Waals surface area contributed by atoms with Crippen LogP contribution in [0.25, 0.3) is 11.0 Å². The second-order valence-corrected chi connectivity index (χ2v) is 5.45. The van der Waals surface area contributed by atoms with Crippen molar-refractivity contribution < 1.29 is 4.79 Å². The number of imidazole rings is 1. The molecule has 0 amide bonds. The molecule has 0 saturated carbocycles. The number of allylic oxidation sites excluding steroid dienone is 2. The molecule has 0 fully saturated rings. The standard InChI is InChI=1S/C15H16N4OS/c1-3-19-13-7-5-4-6-12(13)18-15(19)21-9-14(20)11(8-16)10(2)17/h4-7H,3,9,17H2,1-2H3. The van der Waals surface area contributed by atoms with Crippen molar-refractivity contribution in [3.05, 3.63) is 35.5 Å². The Morgan fingerprint density at radius 1 is 1.48 bits per heavy atom. The second kappa shape index (κ2) is 6.46. The number of nitrogens with zero attached hydrogens (tertiary/aromatic N) is 3. The van der Waals surface area contributed by atoms with Crippen LogP contribution in [0.3, 0.4) is 0 Å². The number of carbonyl (C=O) groups excluding carboxylic acids is 1. The summed E-state index contributed by atoms with van der Waals surface area (Å²) in [6, 6.07) is 9.70. The minimum Gasteiger partial charge on any atom is -0.401 e. The molecule has 2 aromatic rings. The van der Waals surface area contributed by atoms with Crippen molar-refractivity contribution in [3.8, 4) is 6.07 Å². The van der Waals surface area contributed by atoms with Crippen LogP contribution in [-0.4, -0.2) is 21.1 Å². The number of rotatable bonds is 5. The zero-order valence-corrected chi connectivity index (χ0v) is 12.8. The normalized spacial score (nSPS) is 12.0. The largest absolute Gasteiger partial charge is 0.401 e. The van der Waals surface area contributed by atoms with Crippen LogP contribution in [-0.2, 0) is 11.3 Å². The summed E-state index contributed by atoms with van der Waals surface area (Å²) in [6.45, 7) is 4.36. The van der Waals surface area contributed by atoms with Crippen LogP contribution >= 0.6 is 11.8 Å². The van der Waals surface area contributed by atoms with Crippen LogP contribution in [0.15, 0.2) is 40.7 Å². The highest BCUT2D eigenvalue weighted by Crippen LogP contribution is 2.24. The van der Waals surface area contributed by atoms with E-state index >= 15 is 0 Å². The number of benzene rings is 1. The van der Waals surface area contributed by atoms with E-state index in [2.05, 4.69) is 9.55 Å². The van der Waals surface area contributed by atoms with Crippen LogP contribution in [0.2, 0.25) is 0 Å². The van der Waals surface area contributed by atoms with Gasteiger partial charge in [0.15, 0.2) is 10.9 Å². The van der Waals surface area contributed by atoms with E-state index < -0.39 is 0 Å². The molecule has 0 radical (unpaired) electrons. The zero-order chi connectivity index (χ0) is 15.4. The number of ketones is 1. The first-order valence-corrected chi connectivity index (χ1v) is 7.54. The van der Waals surface area contributed by atoms with Crippen molar-refractivity contribution in [2.45, 2.75) is 25.5 Å². The van der Waals surface area contributed by atoms with Crippen molar-refractivity contribution in [1.29, 1.82) is 5.26 Å². The quantitative estimate of drug-likeness (QED) is 0.521. The van der Waals surface area contributed by atoms with Crippen molar-refractivity contribution in [3.63, 3.8) is 0 Å². The SMILES string of the molecule is CCn1c(SCC(=O)C(C#N)=C(C)N)nc2ccccc21. The van der Waals surface area contributed by atoms with Crippen LogP contribution < -0.4 is 5.73 Å². The third-order valence-corrected chi connectivity index (χ3v) is 4.03. The first-order chi connectivity index (χ1) is 10.1. The molecule has 0 aliphatic heterocycles. The van der Waals surface area contributed by atoms with E-state index in [0.717, 1.165) is 22.7 Å². The van der Waals surface area contributed by atoms with Gasteiger partial charge < -0.3 is 10.3 Å².